The molecule has 7 heteroatoms. The highest BCUT2D eigenvalue weighted by Crippen LogP contribution is 2.27. The number of quaternary nitrogens is 1. The number of aromatic nitrogens is 2. The molecule has 1 saturated heterocycles. The molecule has 152 valence electrons. The first-order valence-electron chi connectivity index (χ1n) is 10.1. The molecule has 0 aliphatic carbocycles. The van der Waals surface area contributed by atoms with Gasteiger partial charge >= 0.3 is 0 Å². The van der Waals surface area contributed by atoms with Gasteiger partial charge in [0.15, 0.2) is 6.54 Å². The second-order valence-corrected chi connectivity index (χ2v) is 7.44. The molecule has 1 aliphatic heterocycles. The lowest BCUT2D eigenvalue weighted by Gasteiger charge is -2.34. The van der Waals surface area contributed by atoms with Crippen molar-refractivity contribution in [3.05, 3.63) is 41.7 Å². The van der Waals surface area contributed by atoms with Crippen LogP contribution in [0.1, 0.15) is 17.8 Å². The SMILES string of the molecule is COc1ccccc1N1CC[NH+](CC(=O)NCCCn2nc(C)cc2C)CC1. The minimum absolute atomic E-state index is 0.133. The van der Waals surface area contributed by atoms with E-state index in [4.69, 9.17) is 4.74 Å². The number of anilines is 1. The molecule has 1 fully saturated rings. The lowest BCUT2D eigenvalue weighted by atomic mass is 10.2. The molecule has 1 aromatic carbocycles. The number of hydrogen-bond donors (Lipinski definition) is 2. The van der Waals surface area contributed by atoms with Crippen molar-refractivity contribution in [1.82, 2.24) is 15.1 Å². The van der Waals surface area contributed by atoms with Crippen LogP contribution < -0.4 is 19.9 Å². The molecule has 2 aromatic rings. The highest BCUT2D eigenvalue weighted by atomic mass is 16.5. The van der Waals surface area contributed by atoms with E-state index >= 15 is 0 Å². The first-order chi connectivity index (χ1) is 13.6. The molecule has 1 aromatic heterocycles. The summed E-state index contributed by atoms with van der Waals surface area (Å²) in [6.45, 7) is 9.91. The second-order valence-electron chi connectivity index (χ2n) is 7.44. The van der Waals surface area contributed by atoms with Gasteiger partial charge in [-0.3, -0.25) is 9.48 Å². The number of aryl methyl sites for hydroxylation is 3. The molecule has 3 rings (SSSR count). The van der Waals surface area contributed by atoms with Crippen LogP contribution in [0, 0.1) is 13.8 Å². The number of carbonyl (C=O) groups is 1. The van der Waals surface area contributed by atoms with E-state index in [0.29, 0.717) is 13.1 Å². The van der Waals surface area contributed by atoms with Gasteiger partial charge in [-0.1, -0.05) is 12.1 Å². The van der Waals surface area contributed by atoms with Crippen LogP contribution >= 0.6 is 0 Å². The third-order valence-electron chi connectivity index (χ3n) is 5.28. The lowest BCUT2D eigenvalue weighted by molar-refractivity contribution is -0.892. The summed E-state index contributed by atoms with van der Waals surface area (Å²) in [5.41, 5.74) is 3.34. The number of ether oxygens (including phenoxy) is 1. The van der Waals surface area contributed by atoms with Gasteiger partial charge in [-0.2, -0.15) is 5.10 Å². The van der Waals surface area contributed by atoms with Gasteiger partial charge in [0.2, 0.25) is 0 Å². The van der Waals surface area contributed by atoms with E-state index < -0.39 is 0 Å². The van der Waals surface area contributed by atoms with Crippen LogP contribution in [0.2, 0.25) is 0 Å². The van der Waals surface area contributed by atoms with Crippen LogP contribution in [-0.2, 0) is 11.3 Å². The predicted molar refractivity (Wildman–Crippen MR) is 110 cm³/mol. The Morgan fingerprint density at radius 1 is 1.25 bits per heavy atom. The summed E-state index contributed by atoms with van der Waals surface area (Å²) in [5.74, 6) is 1.04. The van der Waals surface area contributed by atoms with Gasteiger partial charge in [0, 0.05) is 18.8 Å². The quantitative estimate of drug-likeness (QED) is 0.646. The smallest absolute Gasteiger partial charge is 0.275 e. The second kappa shape index (κ2) is 9.59. The molecule has 7 nitrogen and oxygen atoms in total. The molecule has 0 atom stereocenters. The lowest BCUT2D eigenvalue weighted by Crippen LogP contribution is -3.15. The van der Waals surface area contributed by atoms with Gasteiger partial charge in [-0.25, -0.2) is 0 Å². The maximum absolute atomic E-state index is 12.3. The summed E-state index contributed by atoms with van der Waals surface area (Å²) in [5, 5.41) is 7.50. The van der Waals surface area contributed by atoms with Gasteiger partial charge in [0.25, 0.3) is 5.91 Å². The van der Waals surface area contributed by atoms with Gasteiger partial charge in [-0.15, -0.1) is 0 Å². The number of rotatable bonds is 8. The molecule has 0 unspecified atom stereocenters. The normalized spacial score (nSPS) is 14.9. The van der Waals surface area contributed by atoms with Crippen LogP contribution in [0.5, 0.6) is 5.75 Å². The topological polar surface area (TPSA) is 63.8 Å². The van der Waals surface area contributed by atoms with Crippen molar-refractivity contribution in [2.75, 3.05) is 51.3 Å². The minimum Gasteiger partial charge on any atom is -0.495 e. The maximum Gasteiger partial charge on any atom is 0.275 e. The first-order valence-corrected chi connectivity index (χ1v) is 10.1. The summed E-state index contributed by atoms with van der Waals surface area (Å²) in [7, 11) is 1.71. The Kier molecular flexibility index (Phi) is 6.92. The van der Waals surface area contributed by atoms with E-state index in [0.717, 1.165) is 56.3 Å². The molecule has 2 N–H and O–H groups in total. The molecule has 0 spiro atoms. The number of para-hydroxylation sites is 2. The Morgan fingerprint density at radius 2 is 2.00 bits per heavy atom. The van der Waals surface area contributed by atoms with E-state index in [1.54, 1.807) is 7.11 Å². The van der Waals surface area contributed by atoms with Crippen molar-refractivity contribution in [1.29, 1.82) is 0 Å². The Morgan fingerprint density at radius 3 is 2.68 bits per heavy atom. The highest BCUT2D eigenvalue weighted by molar-refractivity contribution is 5.76. The molecule has 0 saturated carbocycles. The molecular weight excluding hydrogens is 354 g/mol. The summed E-state index contributed by atoms with van der Waals surface area (Å²) in [6, 6.07) is 10.2. The Labute approximate surface area is 167 Å². The van der Waals surface area contributed by atoms with E-state index in [1.807, 2.05) is 29.8 Å². The number of nitrogens with one attached hydrogen (secondary N) is 2. The number of piperazine rings is 1. The molecule has 0 radical (unpaired) electrons. The zero-order valence-electron chi connectivity index (χ0n) is 17.2. The number of methoxy groups -OCH3 is 1. The third kappa shape index (κ3) is 5.25. The third-order valence-corrected chi connectivity index (χ3v) is 5.28. The number of amides is 1. The average molecular weight is 387 g/mol. The summed E-state index contributed by atoms with van der Waals surface area (Å²) in [4.78, 5) is 15.9. The van der Waals surface area contributed by atoms with Crippen LogP contribution in [0.4, 0.5) is 5.69 Å². The summed E-state index contributed by atoms with van der Waals surface area (Å²) >= 11 is 0. The average Bonchev–Trinajstić information content (AvgIpc) is 3.03. The first kappa shape index (κ1) is 20.2. The van der Waals surface area contributed by atoms with E-state index in [2.05, 4.69) is 34.4 Å². The predicted octanol–water partition coefficient (Wildman–Crippen LogP) is 0.420. The number of nitrogens with zero attached hydrogens (tertiary/aromatic N) is 3. The van der Waals surface area contributed by atoms with Crippen LogP contribution in [-0.4, -0.2) is 62.1 Å². The molecule has 1 amide bonds. The van der Waals surface area contributed by atoms with E-state index in [9.17, 15) is 4.79 Å². The largest absolute Gasteiger partial charge is 0.495 e. The Hall–Kier alpha value is -2.54. The fourth-order valence-corrected chi connectivity index (χ4v) is 3.78. The monoisotopic (exact) mass is 386 g/mol. The van der Waals surface area contributed by atoms with Gasteiger partial charge in [-0.05, 0) is 38.5 Å². The van der Waals surface area contributed by atoms with Crippen LogP contribution in [0.25, 0.3) is 0 Å². The van der Waals surface area contributed by atoms with E-state index in [-0.39, 0.29) is 5.91 Å². The minimum atomic E-state index is 0.133. The van der Waals surface area contributed by atoms with Crippen LogP contribution in [0.3, 0.4) is 0 Å². The van der Waals surface area contributed by atoms with Crippen molar-refractivity contribution in [2.24, 2.45) is 0 Å². The van der Waals surface area contributed by atoms with Crippen molar-refractivity contribution < 1.29 is 14.4 Å². The van der Waals surface area contributed by atoms with Crippen molar-refractivity contribution in [2.45, 2.75) is 26.8 Å². The fourth-order valence-electron chi connectivity index (χ4n) is 3.78. The fraction of sp³-hybridized carbons (Fsp3) is 0.524. The Balaban J connectivity index is 1.36. The van der Waals surface area contributed by atoms with Crippen LogP contribution in [0.15, 0.2) is 30.3 Å². The molecule has 1 aliphatic rings. The highest BCUT2D eigenvalue weighted by Gasteiger charge is 2.23. The summed E-state index contributed by atoms with van der Waals surface area (Å²) < 4.78 is 7.47. The maximum atomic E-state index is 12.3. The standard InChI is InChI=1S/C21H31N5O2/c1-17-15-18(2)26(23-17)10-6-9-22-21(27)16-24-11-13-25(14-12-24)19-7-4-5-8-20(19)28-3/h4-5,7-8,15H,6,9-14,16H2,1-3H3,(H,22,27)/p+1. The molecule has 28 heavy (non-hydrogen) atoms. The molecular formula is C21H32N5O2+. The van der Waals surface area contributed by atoms with Gasteiger partial charge < -0.3 is 19.9 Å². The number of carbonyl (C=O) groups excluding carboxylic acids is 1. The molecule has 2 heterocycles. The van der Waals surface area contributed by atoms with Crippen molar-refractivity contribution in [3.8, 4) is 5.75 Å². The summed E-state index contributed by atoms with van der Waals surface area (Å²) in [6.07, 6.45) is 0.893. The zero-order chi connectivity index (χ0) is 19.9. The van der Waals surface area contributed by atoms with E-state index in [1.165, 1.54) is 10.6 Å². The Bertz CT molecular complexity index is 781. The molecule has 0 bridgehead atoms. The van der Waals surface area contributed by atoms with Crippen molar-refractivity contribution >= 4 is 11.6 Å². The number of benzene rings is 1. The van der Waals surface area contributed by atoms with Gasteiger partial charge in [0.05, 0.1) is 44.7 Å². The van der Waals surface area contributed by atoms with Gasteiger partial charge in [0.1, 0.15) is 5.75 Å². The zero-order valence-corrected chi connectivity index (χ0v) is 17.2. The van der Waals surface area contributed by atoms with Crippen molar-refractivity contribution in [3.63, 3.8) is 0 Å². The number of hydrogen-bond acceptors (Lipinski definition) is 4.